The van der Waals surface area contributed by atoms with Crippen LogP contribution in [0.1, 0.15) is 0 Å². The number of hydrogen-bond acceptors (Lipinski definition) is 5. The molecule has 0 aromatic heterocycles. The smallest absolute Gasteiger partial charge is 0.188 e. The van der Waals surface area contributed by atoms with Gasteiger partial charge in [0.1, 0.15) is 5.84 Å². The third kappa shape index (κ3) is 3.43. The molecule has 0 saturated heterocycles. The van der Waals surface area contributed by atoms with Crippen molar-refractivity contribution < 1.29 is 0 Å². The Kier molecular flexibility index (Phi) is 6.20. The van der Waals surface area contributed by atoms with E-state index >= 15 is 0 Å². The van der Waals surface area contributed by atoms with Crippen LogP contribution in [0.5, 0.6) is 0 Å². The molecule has 66 valence electrons. The lowest BCUT2D eigenvalue weighted by Gasteiger charge is -2.21. The van der Waals surface area contributed by atoms with Gasteiger partial charge in [0, 0.05) is 6.20 Å². The summed E-state index contributed by atoms with van der Waals surface area (Å²) < 4.78 is 0. The lowest BCUT2D eigenvalue weighted by molar-refractivity contribution is 0.295. The van der Waals surface area contributed by atoms with Gasteiger partial charge in [-0.2, -0.15) is 0 Å². The molecule has 0 amide bonds. The highest BCUT2D eigenvalue weighted by atomic mass is 35.5. The van der Waals surface area contributed by atoms with Crippen molar-refractivity contribution in [2.75, 3.05) is 0 Å². The van der Waals surface area contributed by atoms with Crippen molar-refractivity contribution >= 4 is 30.6 Å². The van der Waals surface area contributed by atoms with Crippen LogP contribution in [-0.4, -0.2) is 17.1 Å². The molecule has 0 spiro atoms. The molecule has 1 heterocycles. The summed E-state index contributed by atoms with van der Waals surface area (Å²) in [6.07, 6.45) is 2.63. The summed E-state index contributed by atoms with van der Waals surface area (Å²) >= 11 is 0. The first kappa shape index (κ1) is 13.1. The molecule has 1 aliphatic rings. The van der Waals surface area contributed by atoms with Crippen molar-refractivity contribution in [3.8, 4) is 0 Å². The van der Waals surface area contributed by atoms with Gasteiger partial charge in [-0.3, -0.25) is 10.7 Å². The third-order valence-corrected chi connectivity index (χ3v) is 1.00. The summed E-state index contributed by atoms with van der Waals surface area (Å²) in [7, 11) is 0. The van der Waals surface area contributed by atoms with Crippen LogP contribution in [0.15, 0.2) is 17.3 Å². The molecule has 5 nitrogen and oxygen atoms in total. The highest BCUT2D eigenvalue weighted by Crippen LogP contribution is 1.94. The van der Waals surface area contributed by atoms with E-state index in [0.29, 0.717) is 5.84 Å². The second-order valence-corrected chi connectivity index (χ2v) is 1.73. The second kappa shape index (κ2) is 5.20. The Morgan fingerprint density at radius 3 is 2.36 bits per heavy atom. The number of nitrogens with zero attached hydrogens (tertiary/aromatic N) is 2. The molecule has 1 atom stereocenters. The lowest BCUT2D eigenvalue weighted by Crippen LogP contribution is -2.44. The van der Waals surface area contributed by atoms with E-state index in [4.69, 9.17) is 17.3 Å². The predicted octanol–water partition coefficient (Wildman–Crippen LogP) is -0.868. The van der Waals surface area contributed by atoms with Gasteiger partial charge in [-0.15, -0.1) is 24.8 Å². The van der Waals surface area contributed by atoms with Gasteiger partial charge in [0.2, 0.25) is 0 Å². The summed E-state index contributed by atoms with van der Waals surface area (Å²) in [5.41, 5.74) is 10.6. The molecule has 7 heteroatoms. The van der Waals surface area contributed by atoms with Crippen LogP contribution in [0.2, 0.25) is 0 Å². The average Bonchev–Trinajstić information content (AvgIpc) is 1.80. The van der Waals surface area contributed by atoms with E-state index in [1.807, 2.05) is 0 Å². The Morgan fingerprint density at radius 1 is 1.45 bits per heavy atom. The molecule has 0 aromatic carbocycles. The number of nitrogens with two attached hydrogens (primary N) is 3. The quantitative estimate of drug-likeness (QED) is 0.443. The highest BCUT2D eigenvalue weighted by Gasteiger charge is 2.07. The Bertz CT molecular complexity index is 168. The van der Waals surface area contributed by atoms with Gasteiger partial charge in [0.15, 0.2) is 6.29 Å². The standard InChI is InChI=1S/C4H9N5.2ClH/c5-3-1-2-9(7)4(6)8-3;;/h1-2,4H,6-7H2,(H2,5,8);2*1H. The minimum absolute atomic E-state index is 0. The first-order valence-corrected chi connectivity index (χ1v) is 2.50. The number of rotatable bonds is 0. The summed E-state index contributed by atoms with van der Waals surface area (Å²) in [6.45, 7) is 0. The molecule has 1 unspecified atom stereocenters. The van der Waals surface area contributed by atoms with E-state index in [1.54, 1.807) is 12.3 Å². The number of hydrazine groups is 1. The minimum atomic E-state index is -0.532. The third-order valence-electron chi connectivity index (χ3n) is 1.00. The van der Waals surface area contributed by atoms with Crippen molar-refractivity contribution in [3.05, 3.63) is 12.3 Å². The number of halogens is 2. The maximum atomic E-state index is 5.35. The maximum Gasteiger partial charge on any atom is 0.188 e. The first-order valence-electron chi connectivity index (χ1n) is 2.50. The SMILES string of the molecule is Cl.Cl.NC1=NC(N)N(N)C=C1. The summed E-state index contributed by atoms with van der Waals surface area (Å²) in [5.74, 6) is 5.71. The van der Waals surface area contributed by atoms with Crippen LogP contribution in [0.3, 0.4) is 0 Å². The van der Waals surface area contributed by atoms with E-state index in [9.17, 15) is 0 Å². The summed E-state index contributed by atoms with van der Waals surface area (Å²) in [4.78, 5) is 3.75. The molecule has 0 radical (unpaired) electrons. The molecule has 1 aliphatic heterocycles. The minimum Gasteiger partial charge on any atom is -0.384 e. The van der Waals surface area contributed by atoms with Gasteiger partial charge in [0.25, 0.3) is 0 Å². The lowest BCUT2D eigenvalue weighted by atomic mass is 10.5. The Balaban J connectivity index is 0. The highest BCUT2D eigenvalue weighted by molar-refractivity contribution is 5.91. The van der Waals surface area contributed by atoms with Gasteiger partial charge < -0.3 is 5.73 Å². The zero-order valence-electron chi connectivity index (χ0n) is 5.68. The Morgan fingerprint density at radius 2 is 2.00 bits per heavy atom. The van der Waals surface area contributed by atoms with Crippen molar-refractivity contribution in [1.82, 2.24) is 5.01 Å². The fourth-order valence-electron chi connectivity index (χ4n) is 0.513. The summed E-state index contributed by atoms with van der Waals surface area (Å²) in [6, 6.07) is 0. The normalized spacial score (nSPS) is 21.5. The Labute approximate surface area is 77.1 Å². The van der Waals surface area contributed by atoms with Crippen molar-refractivity contribution in [2.24, 2.45) is 22.3 Å². The van der Waals surface area contributed by atoms with E-state index in [2.05, 4.69) is 4.99 Å². The zero-order valence-corrected chi connectivity index (χ0v) is 7.31. The molecule has 6 N–H and O–H groups in total. The van der Waals surface area contributed by atoms with Crippen LogP contribution in [0, 0.1) is 0 Å². The number of aliphatic imine (C=N–C) groups is 1. The van der Waals surface area contributed by atoms with Crippen LogP contribution in [-0.2, 0) is 0 Å². The van der Waals surface area contributed by atoms with Gasteiger partial charge in [-0.05, 0) is 6.08 Å². The summed E-state index contributed by atoms with van der Waals surface area (Å²) in [5, 5.41) is 1.27. The van der Waals surface area contributed by atoms with E-state index in [0.717, 1.165) is 0 Å². The molecule has 0 fully saturated rings. The van der Waals surface area contributed by atoms with Crippen molar-refractivity contribution in [1.29, 1.82) is 0 Å². The molecule has 0 aromatic rings. The van der Waals surface area contributed by atoms with E-state index in [1.165, 1.54) is 5.01 Å². The molecular weight excluding hydrogens is 189 g/mol. The van der Waals surface area contributed by atoms with Crippen molar-refractivity contribution in [2.45, 2.75) is 6.29 Å². The molecule has 11 heavy (non-hydrogen) atoms. The van der Waals surface area contributed by atoms with E-state index in [-0.39, 0.29) is 24.8 Å². The topological polar surface area (TPSA) is 93.7 Å². The molecular formula is C4H11Cl2N5. The van der Waals surface area contributed by atoms with Crippen LogP contribution in [0.4, 0.5) is 0 Å². The van der Waals surface area contributed by atoms with E-state index < -0.39 is 6.29 Å². The van der Waals surface area contributed by atoms with Gasteiger partial charge >= 0.3 is 0 Å². The molecule has 0 aliphatic carbocycles. The van der Waals surface area contributed by atoms with Gasteiger partial charge in [0.05, 0.1) is 0 Å². The number of amidine groups is 1. The van der Waals surface area contributed by atoms with Gasteiger partial charge in [-0.1, -0.05) is 0 Å². The fourth-order valence-corrected chi connectivity index (χ4v) is 0.513. The number of hydrogen-bond donors (Lipinski definition) is 3. The maximum absolute atomic E-state index is 5.35. The van der Waals surface area contributed by atoms with Crippen LogP contribution >= 0.6 is 24.8 Å². The van der Waals surface area contributed by atoms with Crippen molar-refractivity contribution in [3.63, 3.8) is 0 Å². The zero-order chi connectivity index (χ0) is 6.85. The second-order valence-electron chi connectivity index (χ2n) is 1.73. The van der Waals surface area contributed by atoms with Crippen LogP contribution < -0.4 is 17.3 Å². The fraction of sp³-hybridized carbons (Fsp3) is 0.250. The molecule has 1 rings (SSSR count). The monoisotopic (exact) mass is 199 g/mol. The average molecular weight is 200 g/mol. The molecule has 0 bridgehead atoms. The van der Waals surface area contributed by atoms with Gasteiger partial charge in [-0.25, -0.2) is 10.8 Å². The molecule has 0 saturated carbocycles. The van der Waals surface area contributed by atoms with Crippen LogP contribution in [0.25, 0.3) is 0 Å². The largest absolute Gasteiger partial charge is 0.384 e. The predicted molar refractivity (Wildman–Crippen MR) is 49.3 cm³/mol. The first-order chi connectivity index (χ1) is 4.20. The Hall–Kier alpha value is -0.490.